The first-order chi connectivity index (χ1) is 12.1. The van der Waals surface area contributed by atoms with Crippen molar-refractivity contribution in [1.82, 2.24) is 15.5 Å². The third-order valence-electron chi connectivity index (χ3n) is 5.64. The summed E-state index contributed by atoms with van der Waals surface area (Å²) in [4.78, 5) is 7.26. The molecule has 2 N–H and O–H groups in total. The Bertz CT molecular complexity index is 443. The average molecular weight is 499 g/mol. The Morgan fingerprint density at radius 1 is 1.15 bits per heavy atom. The SMILES string of the molecule is CCNC(=NCCN(C)C1CCCC1)NC1CCCC(S(=O)CC)C1.I. The van der Waals surface area contributed by atoms with Gasteiger partial charge < -0.3 is 15.5 Å². The highest BCUT2D eigenvalue weighted by molar-refractivity contribution is 14.0. The largest absolute Gasteiger partial charge is 0.357 e. The molecule has 0 amide bonds. The second-order valence-electron chi connectivity index (χ2n) is 7.48. The van der Waals surface area contributed by atoms with Crippen LogP contribution in [0.5, 0.6) is 0 Å². The van der Waals surface area contributed by atoms with Gasteiger partial charge in [-0.2, -0.15) is 0 Å². The lowest BCUT2D eigenvalue weighted by molar-refractivity contribution is 0.252. The summed E-state index contributed by atoms with van der Waals surface area (Å²) < 4.78 is 12.1. The van der Waals surface area contributed by atoms with Crippen LogP contribution in [0.1, 0.15) is 65.2 Å². The number of halogens is 1. The predicted molar refractivity (Wildman–Crippen MR) is 124 cm³/mol. The Kier molecular flexibility index (Phi) is 12.4. The molecule has 2 aliphatic carbocycles. The topological polar surface area (TPSA) is 56.7 Å². The molecule has 3 atom stereocenters. The summed E-state index contributed by atoms with van der Waals surface area (Å²) in [5.41, 5.74) is 0. The molecule has 0 aromatic rings. The quantitative estimate of drug-likeness (QED) is 0.307. The van der Waals surface area contributed by atoms with E-state index in [0.717, 1.165) is 63.1 Å². The zero-order valence-corrected chi connectivity index (χ0v) is 20.0. The van der Waals surface area contributed by atoms with E-state index in [1.54, 1.807) is 0 Å². The maximum atomic E-state index is 12.1. The van der Waals surface area contributed by atoms with E-state index in [2.05, 4.69) is 29.5 Å². The van der Waals surface area contributed by atoms with E-state index in [1.807, 2.05) is 6.92 Å². The molecule has 3 unspecified atom stereocenters. The summed E-state index contributed by atoms with van der Waals surface area (Å²) in [5.74, 6) is 1.70. The summed E-state index contributed by atoms with van der Waals surface area (Å²) >= 11 is 0. The summed E-state index contributed by atoms with van der Waals surface area (Å²) in [7, 11) is 1.56. The van der Waals surface area contributed by atoms with Gasteiger partial charge in [-0.25, -0.2) is 0 Å². The highest BCUT2D eigenvalue weighted by Crippen LogP contribution is 2.23. The number of nitrogens with one attached hydrogen (secondary N) is 2. The molecular formula is C19H39IN4OS. The van der Waals surface area contributed by atoms with Gasteiger partial charge in [0.05, 0.1) is 6.54 Å². The van der Waals surface area contributed by atoms with Crippen molar-refractivity contribution in [2.24, 2.45) is 4.99 Å². The van der Waals surface area contributed by atoms with Gasteiger partial charge in [0.2, 0.25) is 0 Å². The molecule has 2 fully saturated rings. The van der Waals surface area contributed by atoms with Crippen LogP contribution >= 0.6 is 24.0 Å². The first-order valence-corrected chi connectivity index (χ1v) is 11.6. The van der Waals surface area contributed by atoms with Crippen molar-refractivity contribution in [1.29, 1.82) is 0 Å². The summed E-state index contributed by atoms with van der Waals surface area (Å²) in [6.07, 6.45) is 9.88. The molecule has 0 heterocycles. The minimum absolute atomic E-state index is 0. The number of hydrogen-bond acceptors (Lipinski definition) is 3. The normalized spacial score (nSPS) is 25.8. The van der Waals surface area contributed by atoms with Gasteiger partial charge >= 0.3 is 0 Å². The molecule has 0 saturated heterocycles. The Morgan fingerprint density at radius 3 is 2.54 bits per heavy atom. The lowest BCUT2D eigenvalue weighted by atomic mass is 9.95. The second kappa shape index (κ2) is 13.3. The van der Waals surface area contributed by atoms with Crippen molar-refractivity contribution in [2.75, 3.05) is 32.4 Å². The van der Waals surface area contributed by atoms with Crippen LogP contribution in [0.25, 0.3) is 0 Å². The minimum atomic E-state index is -0.673. The first-order valence-electron chi connectivity index (χ1n) is 10.3. The summed E-state index contributed by atoms with van der Waals surface area (Å²) in [6, 6.07) is 1.16. The Balaban J connectivity index is 0.00000338. The van der Waals surface area contributed by atoms with Crippen molar-refractivity contribution in [2.45, 2.75) is 82.5 Å². The fraction of sp³-hybridized carbons (Fsp3) is 0.947. The molecule has 7 heteroatoms. The molecule has 0 aliphatic heterocycles. The van der Waals surface area contributed by atoms with Gasteiger partial charge in [-0.1, -0.05) is 26.2 Å². The molecule has 0 spiro atoms. The van der Waals surface area contributed by atoms with Gasteiger partial charge in [0.1, 0.15) is 0 Å². The van der Waals surface area contributed by atoms with E-state index in [9.17, 15) is 4.21 Å². The van der Waals surface area contributed by atoms with Crippen molar-refractivity contribution in [3.05, 3.63) is 0 Å². The van der Waals surface area contributed by atoms with Gasteiger partial charge in [-0.05, 0) is 46.1 Å². The van der Waals surface area contributed by atoms with Crippen molar-refractivity contribution in [3.8, 4) is 0 Å². The van der Waals surface area contributed by atoms with Gasteiger partial charge in [0.25, 0.3) is 0 Å². The van der Waals surface area contributed by atoms with Crippen LogP contribution in [-0.4, -0.2) is 64.8 Å². The van der Waals surface area contributed by atoms with E-state index >= 15 is 0 Å². The average Bonchev–Trinajstić information content (AvgIpc) is 3.16. The Hall–Kier alpha value is 0.110. The Labute approximate surface area is 180 Å². The lowest BCUT2D eigenvalue weighted by Gasteiger charge is -2.30. The van der Waals surface area contributed by atoms with E-state index in [0.29, 0.717) is 11.3 Å². The first kappa shape index (κ1) is 24.1. The van der Waals surface area contributed by atoms with Crippen molar-refractivity contribution >= 4 is 40.7 Å². The highest BCUT2D eigenvalue weighted by Gasteiger charge is 2.26. The van der Waals surface area contributed by atoms with E-state index in [1.165, 1.54) is 25.7 Å². The van der Waals surface area contributed by atoms with Crippen LogP contribution in [0.4, 0.5) is 0 Å². The van der Waals surface area contributed by atoms with Gasteiger partial charge in [-0.15, -0.1) is 24.0 Å². The predicted octanol–water partition coefficient (Wildman–Crippen LogP) is 3.11. The monoisotopic (exact) mass is 498 g/mol. The number of rotatable bonds is 8. The van der Waals surface area contributed by atoms with Gasteiger partial charge in [0, 0.05) is 47.0 Å². The summed E-state index contributed by atoms with van der Waals surface area (Å²) in [5, 5.41) is 7.33. The smallest absolute Gasteiger partial charge is 0.191 e. The molecular weight excluding hydrogens is 459 g/mol. The zero-order chi connectivity index (χ0) is 18.1. The number of likely N-dealkylation sites (N-methyl/N-ethyl adjacent to an activating group) is 1. The van der Waals surface area contributed by atoms with E-state index in [-0.39, 0.29) is 24.0 Å². The number of nitrogens with zero attached hydrogens (tertiary/aromatic N) is 2. The zero-order valence-electron chi connectivity index (χ0n) is 16.8. The molecule has 2 rings (SSSR count). The second-order valence-corrected chi connectivity index (χ2v) is 9.48. The molecule has 0 aromatic carbocycles. The van der Waals surface area contributed by atoms with Crippen LogP contribution < -0.4 is 10.6 Å². The van der Waals surface area contributed by atoms with Crippen LogP contribution in [0.15, 0.2) is 4.99 Å². The minimum Gasteiger partial charge on any atom is -0.357 e. The highest BCUT2D eigenvalue weighted by atomic mass is 127. The fourth-order valence-corrected chi connectivity index (χ4v) is 5.46. The van der Waals surface area contributed by atoms with Crippen LogP contribution in [0.3, 0.4) is 0 Å². The molecule has 26 heavy (non-hydrogen) atoms. The standard InChI is InChI=1S/C19H38N4OS.HI/c1-4-20-19(21-13-14-23(3)17-10-6-7-11-17)22-16-9-8-12-18(15-16)25(24)5-2;/h16-18H,4-15H2,1-3H3,(H2,20,21,22);1H. The Morgan fingerprint density at radius 2 is 1.88 bits per heavy atom. The van der Waals surface area contributed by atoms with Gasteiger partial charge in [-0.3, -0.25) is 9.20 Å². The van der Waals surface area contributed by atoms with Crippen LogP contribution in [0, 0.1) is 0 Å². The van der Waals surface area contributed by atoms with E-state index < -0.39 is 10.8 Å². The van der Waals surface area contributed by atoms with Crippen molar-refractivity contribution < 1.29 is 4.21 Å². The van der Waals surface area contributed by atoms with E-state index in [4.69, 9.17) is 4.99 Å². The maximum Gasteiger partial charge on any atom is 0.191 e. The molecule has 0 bridgehead atoms. The molecule has 0 aromatic heterocycles. The number of aliphatic imine (C=N–C) groups is 1. The molecule has 154 valence electrons. The lowest BCUT2D eigenvalue weighted by Crippen LogP contribution is -2.47. The van der Waals surface area contributed by atoms with Crippen LogP contribution in [-0.2, 0) is 10.8 Å². The third-order valence-corrected chi connectivity index (χ3v) is 7.38. The van der Waals surface area contributed by atoms with Gasteiger partial charge in [0.15, 0.2) is 5.96 Å². The van der Waals surface area contributed by atoms with Crippen molar-refractivity contribution in [3.63, 3.8) is 0 Å². The number of hydrogen-bond donors (Lipinski definition) is 2. The third kappa shape index (κ3) is 8.00. The fourth-order valence-electron chi connectivity index (χ4n) is 4.11. The molecule has 2 aliphatic rings. The number of guanidine groups is 1. The van der Waals surface area contributed by atoms with Crippen LogP contribution in [0.2, 0.25) is 0 Å². The summed E-state index contributed by atoms with van der Waals surface area (Å²) in [6.45, 7) is 6.87. The maximum absolute atomic E-state index is 12.1. The molecule has 5 nitrogen and oxygen atoms in total. The molecule has 2 saturated carbocycles. The molecule has 0 radical (unpaired) electrons.